The minimum absolute atomic E-state index is 0.401. The van der Waals surface area contributed by atoms with Gasteiger partial charge in [-0.05, 0) is 67.0 Å². The molecule has 0 saturated carbocycles. The molecule has 0 saturated heterocycles. The van der Waals surface area contributed by atoms with E-state index in [0.29, 0.717) is 34.5 Å². The average Bonchev–Trinajstić information content (AvgIpc) is 3.06. The summed E-state index contributed by atoms with van der Waals surface area (Å²) in [6, 6.07) is 13.3. The van der Waals surface area contributed by atoms with Crippen LogP contribution in [0.4, 0.5) is 0 Å². The van der Waals surface area contributed by atoms with Crippen molar-refractivity contribution in [2.75, 3.05) is 6.61 Å². The number of aryl methyl sites for hydroxylation is 1. The normalized spacial score (nSPS) is 11.1. The maximum Gasteiger partial charge on any atom is 0.216 e. The van der Waals surface area contributed by atoms with E-state index in [4.69, 9.17) is 33.3 Å². The van der Waals surface area contributed by atoms with Crippen LogP contribution in [0.2, 0.25) is 5.02 Å². The van der Waals surface area contributed by atoms with Crippen molar-refractivity contribution in [2.24, 2.45) is 5.10 Å². The van der Waals surface area contributed by atoms with Crippen molar-refractivity contribution in [2.45, 2.75) is 33.3 Å². The number of ether oxygens (including phenoxy) is 2. The number of hydrogen-bond donors (Lipinski definition) is 1. The molecule has 2 aromatic carbocycles. The second-order valence-corrected chi connectivity index (χ2v) is 7.13. The lowest BCUT2D eigenvalue weighted by Crippen LogP contribution is -2.01. The molecule has 0 fully saturated rings. The van der Waals surface area contributed by atoms with Crippen molar-refractivity contribution < 1.29 is 9.47 Å². The van der Waals surface area contributed by atoms with Crippen LogP contribution >= 0.6 is 23.8 Å². The summed E-state index contributed by atoms with van der Waals surface area (Å²) in [5, 5.41) is 12.2. The van der Waals surface area contributed by atoms with Gasteiger partial charge < -0.3 is 9.47 Å². The zero-order valence-corrected chi connectivity index (χ0v) is 18.0. The van der Waals surface area contributed by atoms with Crippen LogP contribution in [0.15, 0.2) is 47.6 Å². The lowest BCUT2D eigenvalue weighted by Gasteiger charge is -2.13. The van der Waals surface area contributed by atoms with E-state index in [1.807, 2.05) is 49.4 Å². The molecule has 0 bridgehead atoms. The number of nitrogens with one attached hydrogen (secondary N) is 1. The SMILES string of the molecule is CCCc1n[nH]c(=S)n1/N=C/c1ccc(OCc2cccc(Cl)c2)c(OCC)c1. The monoisotopic (exact) mass is 430 g/mol. The molecule has 3 rings (SSSR count). The molecule has 1 aromatic heterocycles. The Morgan fingerprint density at radius 2 is 2.03 bits per heavy atom. The van der Waals surface area contributed by atoms with Crippen molar-refractivity contribution >= 4 is 30.0 Å². The van der Waals surface area contributed by atoms with E-state index in [1.54, 1.807) is 10.9 Å². The Kier molecular flexibility index (Phi) is 7.43. The molecular formula is C21H23ClN4O2S. The smallest absolute Gasteiger partial charge is 0.216 e. The fourth-order valence-electron chi connectivity index (χ4n) is 2.73. The summed E-state index contributed by atoms with van der Waals surface area (Å²) in [5.41, 5.74) is 1.86. The quantitative estimate of drug-likeness (QED) is 0.364. The van der Waals surface area contributed by atoms with E-state index in [1.165, 1.54) is 0 Å². The van der Waals surface area contributed by atoms with Crippen molar-refractivity contribution in [1.82, 2.24) is 14.9 Å². The summed E-state index contributed by atoms with van der Waals surface area (Å²) in [4.78, 5) is 0. The highest BCUT2D eigenvalue weighted by molar-refractivity contribution is 7.71. The van der Waals surface area contributed by atoms with Gasteiger partial charge >= 0.3 is 0 Å². The summed E-state index contributed by atoms with van der Waals surface area (Å²) in [5.74, 6) is 2.12. The van der Waals surface area contributed by atoms with E-state index in [-0.39, 0.29) is 0 Å². The largest absolute Gasteiger partial charge is 0.490 e. The Bertz CT molecular complexity index is 1050. The first kappa shape index (κ1) is 21.1. The van der Waals surface area contributed by atoms with Crippen molar-refractivity contribution in [3.05, 3.63) is 69.2 Å². The predicted molar refractivity (Wildman–Crippen MR) is 118 cm³/mol. The van der Waals surface area contributed by atoms with Crippen LogP contribution in [0.3, 0.4) is 0 Å². The van der Waals surface area contributed by atoms with Crippen LogP contribution < -0.4 is 9.47 Å². The number of nitrogens with zero attached hydrogens (tertiary/aromatic N) is 3. The lowest BCUT2D eigenvalue weighted by molar-refractivity contribution is 0.269. The van der Waals surface area contributed by atoms with Crippen molar-refractivity contribution in [3.63, 3.8) is 0 Å². The second kappa shape index (κ2) is 10.2. The van der Waals surface area contributed by atoms with E-state index >= 15 is 0 Å². The first-order valence-corrected chi connectivity index (χ1v) is 10.2. The topological polar surface area (TPSA) is 64.4 Å². The fraction of sp³-hybridized carbons (Fsp3) is 0.286. The number of halogens is 1. The van der Waals surface area contributed by atoms with E-state index in [2.05, 4.69) is 22.2 Å². The molecule has 0 atom stereocenters. The number of aromatic amines is 1. The maximum absolute atomic E-state index is 6.04. The number of H-pyrrole nitrogens is 1. The molecule has 1 N–H and O–H groups in total. The van der Waals surface area contributed by atoms with Crippen LogP contribution in [0, 0.1) is 4.77 Å². The van der Waals surface area contributed by atoms with E-state index in [0.717, 1.165) is 29.8 Å². The highest BCUT2D eigenvalue weighted by Gasteiger charge is 2.08. The van der Waals surface area contributed by atoms with Crippen LogP contribution in [0.1, 0.15) is 37.2 Å². The Balaban J connectivity index is 1.78. The van der Waals surface area contributed by atoms with Gasteiger partial charge in [0.1, 0.15) is 6.61 Å². The van der Waals surface area contributed by atoms with E-state index in [9.17, 15) is 0 Å². The molecule has 152 valence electrons. The summed E-state index contributed by atoms with van der Waals surface area (Å²) in [6.07, 6.45) is 3.49. The third kappa shape index (κ3) is 5.68. The Labute approximate surface area is 180 Å². The maximum atomic E-state index is 6.04. The van der Waals surface area contributed by atoms with Gasteiger partial charge in [-0.1, -0.05) is 30.7 Å². The predicted octanol–water partition coefficient (Wildman–Crippen LogP) is 5.41. The Morgan fingerprint density at radius 3 is 2.79 bits per heavy atom. The molecule has 0 aliphatic rings. The van der Waals surface area contributed by atoms with Gasteiger partial charge in [0.15, 0.2) is 17.3 Å². The van der Waals surface area contributed by atoms with Crippen molar-refractivity contribution in [1.29, 1.82) is 0 Å². The molecule has 0 spiro atoms. The third-order valence-electron chi connectivity index (χ3n) is 4.06. The van der Waals surface area contributed by atoms with Crippen LogP contribution in [0.5, 0.6) is 11.5 Å². The summed E-state index contributed by atoms with van der Waals surface area (Å²) in [6.45, 7) is 4.95. The summed E-state index contributed by atoms with van der Waals surface area (Å²) >= 11 is 11.3. The van der Waals surface area contributed by atoms with E-state index < -0.39 is 0 Å². The fourth-order valence-corrected chi connectivity index (χ4v) is 3.14. The number of hydrogen-bond acceptors (Lipinski definition) is 5. The first-order valence-electron chi connectivity index (χ1n) is 9.45. The highest BCUT2D eigenvalue weighted by Crippen LogP contribution is 2.29. The van der Waals surface area contributed by atoms with Gasteiger partial charge in [0.25, 0.3) is 0 Å². The molecule has 0 radical (unpaired) electrons. The number of aromatic nitrogens is 3. The van der Waals surface area contributed by atoms with Gasteiger partial charge in [-0.25, -0.2) is 0 Å². The zero-order valence-electron chi connectivity index (χ0n) is 16.4. The molecule has 0 amide bonds. The van der Waals surface area contributed by atoms with Crippen LogP contribution in [-0.2, 0) is 13.0 Å². The first-order chi connectivity index (χ1) is 14.1. The molecule has 3 aromatic rings. The second-order valence-electron chi connectivity index (χ2n) is 6.31. The van der Waals surface area contributed by atoms with Gasteiger partial charge in [-0.3, -0.25) is 5.10 Å². The average molecular weight is 431 g/mol. The number of rotatable bonds is 9. The number of benzene rings is 2. The summed E-state index contributed by atoms with van der Waals surface area (Å²) < 4.78 is 13.8. The molecule has 1 heterocycles. The Hall–Kier alpha value is -2.64. The minimum Gasteiger partial charge on any atom is -0.490 e. The third-order valence-corrected chi connectivity index (χ3v) is 4.56. The van der Waals surface area contributed by atoms with Crippen LogP contribution in [-0.4, -0.2) is 27.7 Å². The van der Waals surface area contributed by atoms with Gasteiger partial charge in [0, 0.05) is 11.4 Å². The molecule has 0 aliphatic carbocycles. The minimum atomic E-state index is 0.401. The Morgan fingerprint density at radius 1 is 1.17 bits per heavy atom. The molecule has 29 heavy (non-hydrogen) atoms. The summed E-state index contributed by atoms with van der Waals surface area (Å²) in [7, 11) is 0. The molecule has 6 nitrogen and oxygen atoms in total. The van der Waals surface area contributed by atoms with Crippen molar-refractivity contribution in [3.8, 4) is 11.5 Å². The highest BCUT2D eigenvalue weighted by atomic mass is 35.5. The van der Waals surface area contributed by atoms with Gasteiger partial charge in [0.05, 0.1) is 12.8 Å². The van der Waals surface area contributed by atoms with Gasteiger partial charge in [-0.2, -0.15) is 14.9 Å². The standard InChI is InChI=1S/C21H23ClN4O2S/c1-3-6-20-24-25-21(29)26(20)23-13-15-9-10-18(19(12-15)27-4-2)28-14-16-7-5-8-17(22)11-16/h5,7-13H,3-4,6,14H2,1-2H3,(H,25,29)/b23-13+. The molecular weight excluding hydrogens is 408 g/mol. The molecule has 0 unspecified atom stereocenters. The molecule has 0 aliphatic heterocycles. The van der Waals surface area contributed by atoms with Gasteiger partial charge in [-0.15, -0.1) is 0 Å². The van der Waals surface area contributed by atoms with Crippen LogP contribution in [0.25, 0.3) is 0 Å². The molecule has 8 heteroatoms. The van der Waals surface area contributed by atoms with Gasteiger partial charge in [0.2, 0.25) is 4.77 Å². The lowest BCUT2D eigenvalue weighted by atomic mass is 10.2. The zero-order chi connectivity index (χ0) is 20.6.